The molecule has 146 valence electrons. The second-order valence-corrected chi connectivity index (χ2v) is 6.66. The summed E-state index contributed by atoms with van der Waals surface area (Å²) in [6.45, 7) is 3.44. The van der Waals surface area contributed by atoms with Crippen molar-refractivity contribution in [2.75, 3.05) is 24.7 Å². The second kappa shape index (κ2) is 9.50. The molecule has 2 rings (SSSR count). The monoisotopic (exact) mass is 440 g/mol. The Hall–Kier alpha value is -2.42. The molecule has 0 radical (unpaired) electrons. The van der Waals surface area contributed by atoms with E-state index in [4.69, 9.17) is 9.47 Å². The standard InChI is InChI=1S/C18H21BrN2O6/c1-3-26-17(24)15(18(25)27-4-2)20-16(23)11-9-14(22)21(10-11)13-8-6-5-7-12(13)19/h5-8,11,15H,3-4,9-10H2,1-2H3,(H,20,23)/t11-/m1/s1. The number of ether oxygens (including phenoxy) is 2. The molecule has 1 aromatic rings. The highest BCUT2D eigenvalue weighted by Crippen LogP contribution is 2.31. The first-order valence-electron chi connectivity index (χ1n) is 8.57. The number of hydrogen-bond acceptors (Lipinski definition) is 6. The molecule has 8 nitrogen and oxygen atoms in total. The molecule has 0 bridgehead atoms. The van der Waals surface area contributed by atoms with Crippen LogP contribution in [0.3, 0.4) is 0 Å². The topological polar surface area (TPSA) is 102 Å². The van der Waals surface area contributed by atoms with E-state index in [0.717, 1.165) is 4.47 Å². The minimum Gasteiger partial charge on any atom is -0.464 e. The molecular weight excluding hydrogens is 420 g/mol. The van der Waals surface area contributed by atoms with Gasteiger partial charge in [0.2, 0.25) is 17.9 Å². The van der Waals surface area contributed by atoms with Gasteiger partial charge in [0.15, 0.2) is 0 Å². The zero-order valence-corrected chi connectivity index (χ0v) is 16.7. The Morgan fingerprint density at radius 1 is 1.19 bits per heavy atom. The molecule has 1 N–H and O–H groups in total. The maximum atomic E-state index is 12.6. The summed E-state index contributed by atoms with van der Waals surface area (Å²) in [5.41, 5.74) is 0.658. The summed E-state index contributed by atoms with van der Waals surface area (Å²) >= 11 is 3.39. The van der Waals surface area contributed by atoms with E-state index in [1.165, 1.54) is 4.90 Å². The van der Waals surface area contributed by atoms with Crippen LogP contribution in [0.1, 0.15) is 20.3 Å². The van der Waals surface area contributed by atoms with Crippen molar-refractivity contribution >= 4 is 45.4 Å². The first-order chi connectivity index (χ1) is 12.9. The Labute approximate surface area is 165 Å². The molecule has 0 spiro atoms. The highest BCUT2D eigenvalue weighted by Gasteiger charge is 2.39. The lowest BCUT2D eigenvalue weighted by Crippen LogP contribution is -2.50. The van der Waals surface area contributed by atoms with Gasteiger partial charge >= 0.3 is 11.9 Å². The van der Waals surface area contributed by atoms with Crippen molar-refractivity contribution in [3.63, 3.8) is 0 Å². The summed E-state index contributed by atoms with van der Waals surface area (Å²) in [6, 6.07) is 5.63. The van der Waals surface area contributed by atoms with Gasteiger partial charge in [0, 0.05) is 17.4 Å². The molecule has 1 aliphatic rings. The number of para-hydroxylation sites is 1. The summed E-state index contributed by atoms with van der Waals surface area (Å²) in [5, 5.41) is 2.36. The van der Waals surface area contributed by atoms with E-state index in [0.29, 0.717) is 5.69 Å². The third-order valence-corrected chi connectivity index (χ3v) is 4.64. The minimum absolute atomic E-state index is 0.0223. The van der Waals surface area contributed by atoms with Crippen LogP contribution in [-0.2, 0) is 28.7 Å². The molecular formula is C18H21BrN2O6. The Kier molecular flexibility index (Phi) is 7.35. The molecule has 1 atom stereocenters. The largest absolute Gasteiger partial charge is 0.464 e. The molecule has 1 aliphatic heterocycles. The molecule has 0 aromatic heterocycles. The van der Waals surface area contributed by atoms with E-state index < -0.39 is 29.8 Å². The molecule has 1 fully saturated rings. The Balaban J connectivity index is 2.10. The smallest absolute Gasteiger partial charge is 0.340 e. The number of benzene rings is 1. The SMILES string of the molecule is CCOC(=O)C(NC(=O)[C@@H]1CC(=O)N(c2ccccc2Br)C1)C(=O)OCC. The van der Waals surface area contributed by atoms with Crippen LogP contribution in [0.15, 0.2) is 28.7 Å². The maximum Gasteiger partial charge on any atom is 0.340 e. The van der Waals surface area contributed by atoms with Crippen LogP contribution >= 0.6 is 15.9 Å². The number of nitrogens with one attached hydrogen (secondary N) is 1. The van der Waals surface area contributed by atoms with Crippen molar-refractivity contribution in [2.24, 2.45) is 5.92 Å². The lowest BCUT2D eigenvalue weighted by molar-refractivity contribution is -0.159. The van der Waals surface area contributed by atoms with Crippen LogP contribution in [-0.4, -0.2) is 49.6 Å². The molecule has 1 aromatic carbocycles. The number of nitrogens with zero attached hydrogens (tertiary/aromatic N) is 1. The van der Waals surface area contributed by atoms with Crippen molar-refractivity contribution in [3.05, 3.63) is 28.7 Å². The minimum atomic E-state index is -1.55. The maximum absolute atomic E-state index is 12.6. The van der Waals surface area contributed by atoms with Gasteiger partial charge in [0.1, 0.15) is 0 Å². The number of halogens is 1. The van der Waals surface area contributed by atoms with Crippen LogP contribution < -0.4 is 10.2 Å². The number of rotatable bonds is 7. The van der Waals surface area contributed by atoms with Gasteiger partial charge < -0.3 is 19.7 Å². The van der Waals surface area contributed by atoms with Gasteiger partial charge in [0.25, 0.3) is 0 Å². The van der Waals surface area contributed by atoms with Crippen molar-refractivity contribution in [3.8, 4) is 0 Å². The third kappa shape index (κ3) is 5.06. The highest BCUT2D eigenvalue weighted by molar-refractivity contribution is 9.10. The molecule has 27 heavy (non-hydrogen) atoms. The van der Waals surface area contributed by atoms with Gasteiger partial charge in [-0.1, -0.05) is 12.1 Å². The number of anilines is 1. The average molecular weight is 441 g/mol. The van der Waals surface area contributed by atoms with Gasteiger partial charge in [-0.15, -0.1) is 0 Å². The van der Waals surface area contributed by atoms with Gasteiger partial charge in [-0.2, -0.15) is 0 Å². The second-order valence-electron chi connectivity index (χ2n) is 5.80. The Morgan fingerprint density at radius 2 is 1.78 bits per heavy atom. The van der Waals surface area contributed by atoms with Crippen LogP contribution in [0, 0.1) is 5.92 Å². The number of hydrogen-bond donors (Lipinski definition) is 1. The number of carbonyl (C=O) groups is 4. The molecule has 2 amide bonds. The van der Waals surface area contributed by atoms with E-state index in [9.17, 15) is 19.2 Å². The van der Waals surface area contributed by atoms with E-state index in [-0.39, 0.29) is 32.1 Å². The lowest BCUT2D eigenvalue weighted by atomic mass is 10.1. The summed E-state index contributed by atoms with van der Waals surface area (Å²) in [4.78, 5) is 50.4. The predicted molar refractivity (Wildman–Crippen MR) is 99.8 cm³/mol. The number of amides is 2. The van der Waals surface area contributed by atoms with E-state index >= 15 is 0 Å². The zero-order valence-electron chi connectivity index (χ0n) is 15.1. The fourth-order valence-electron chi connectivity index (χ4n) is 2.71. The van der Waals surface area contributed by atoms with Gasteiger partial charge in [-0.25, -0.2) is 9.59 Å². The van der Waals surface area contributed by atoms with Crippen LogP contribution in [0.2, 0.25) is 0 Å². The summed E-state index contributed by atoms with van der Waals surface area (Å²) in [7, 11) is 0. The van der Waals surface area contributed by atoms with E-state index in [1.807, 2.05) is 6.07 Å². The molecule has 0 aliphatic carbocycles. The normalized spacial score (nSPS) is 16.4. The van der Waals surface area contributed by atoms with Crippen LogP contribution in [0.4, 0.5) is 5.69 Å². The van der Waals surface area contributed by atoms with Crippen LogP contribution in [0.25, 0.3) is 0 Å². The molecule has 0 saturated carbocycles. The molecule has 9 heteroatoms. The molecule has 0 unspecified atom stereocenters. The van der Waals surface area contributed by atoms with Crippen LogP contribution in [0.5, 0.6) is 0 Å². The average Bonchev–Trinajstić information content (AvgIpc) is 3.02. The van der Waals surface area contributed by atoms with Crippen molar-refractivity contribution < 1.29 is 28.7 Å². The summed E-state index contributed by atoms with van der Waals surface area (Å²) < 4.78 is 10.4. The highest BCUT2D eigenvalue weighted by atomic mass is 79.9. The molecule has 1 heterocycles. The Bertz CT molecular complexity index is 720. The lowest BCUT2D eigenvalue weighted by Gasteiger charge is -2.19. The van der Waals surface area contributed by atoms with Gasteiger partial charge in [0.05, 0.1) is 24.8 Å². The van der Waals surface area contributed by atoms with Gasteiger partial charge in [-0.3, -0.25) is 9.59 Å². The van der Waals surface area contributed by atoms with E-state index in [1.54, 1.807) is 32.0 Å². The predicted octanol–water partition coefficient (Wildman–Crippen LogP) is 1.41. The summed E-state index contributed by atoms with van der Waals surface area (Å²) in [5.74, 6) is -3.28. The quantitative estimate of drug-likeness (QED) is 0.507. The first kappa shape index (κ1) is 20.9. The first-order valence-corrected chi connectivity index (χ1v) is 9.36. The fraction of sp³-hybridized carbons (Fsp3) is 0.444. The number of esters is 2. The zero-order chi connectivity index (χ0) is 20.0. The van der Waals surface area contributed by atoms with Crippen molar-refractivity contribution in [2.45, 2.75) is 26.3 Å². The Morgan fingerprint density at radius 3 is 2.33 bits per heavy atom. The number of carbonyl (C=O) groups excluding carboxylic acids is 4. The summed E-state index contributed by atoms with van der Waals surface area (Å²) in [6.07, 6.45) is -0.0223. The third-order valence-electron chi connectivity index (χ3n) is 3.97. The van der Waals surface area contributed by atoms with Crippen molar-refractivity contribution in [1.29, 1.82) is 0 Å². The fourth-order valence-corrected chi connectivity index (χ4v) is 3.21. The van der Waals surface area contributed by atoms with E-state index in [2.05, 4.69) is 21.2 Å². The van der Waals surface area contributed by atoms with Gasteiger partial charge in [-0.05, 0) is 41.9 Å². The van der Waals surface area contributed by atoms with Crippen molar-refractivity contribution in [1.82, 2.24) is 5.32 Å². The molecule has 1 saturated heterocycles.